The number of hydrazine groups is 1. The number of carbonyl (C=O) groups excluding carboxylic acids is 3. The second kappa shape index (κ2) is 8.08. The lowest BCUT2D eigenvalue weighted by molar-refractivity contribution is -0.126. The van der Waals surface area contributed by atoms with Crippen LogP contribution in [0.3, 0.4) is 0 Å². The molecule has 1 aliphatic heterocycles. The van der Waals surface area contributed by atoms with Gasteiger partial charge < -0.3 is 9.15 Å². The molecule has 3 amide bonds. The first-order chi connectivity index (χ1) is 16.0. The van der Waals surface area contributed by atoms with E-state index in [2.05, 4.69) is 5.43 Å². The van der Waals surface area contributed by atoms with E-state index in [1.54, 1.807) is 24.3 Å². The van der Waals surface area contributed by atoms with Crippen molar-refractivity contribution >= 4 is 28.7 Å². The highest BCUT2D eigenvalue weighted by molar-refractivity contribution is 6.21. The molecule has 8 heteroatoms. The SMILES string of the molecule is O=C(COc1ccc2c(-c3ccccc3)cc(=O)oc2c1)NN1C(=O)c2ccccc2C1=O. The van der Waals surface area contributed by atoms with Crippen LogP contribution in [0.1, 0.15) is 20.7 Å². The van der Waals surface area contributed by atoms with E-state index in [1.807, 2.05) is 30.3 Å². The number of ether oxygens (including phenoxy) is 1. The minimum atomic E-state index is -0.691. The third kappa shape index (κ3) is 3.74. The van der Waals surface area contributed by atoms with Crippen molar-refractivity contribution in [3.8, 4) is 16.9 Å². The molecule has 0 spiro atoms. The maximum atomic E-state index is 12.4. The van der Waals surface area contributed by atoms with Gasteiger partial charge in [-0.1, -0.05) is 42.5 Å². The molecule has 0 saturated heterocycles. The Hall–Kier alpha value is -4.72. The zero-order valence-electron chi connectivity index (χ0n) is 17.1. The number of carbonyl (C=O) groups is 3. The Labute approximate surface area is 187 Å². The number of nitrogens with one attached hydrogen (secondary N) is 1. The van der Waals surface area contributed by atoms with Crippen molar-refractivity contribution in [2.75, 3.05) is 6.61 Å². The summed E-state index contributed by atoms with van der Waals surface area (Å²) >= 11 is 0. The minimum absolute atomic E-state index is 0.225. The van der Waals surface area contributed by atoms with Crippen molar-refractivity contribution in [1.82, 2.24) is 10.4 Å². The normalized spacial score (nSPS) is 12.7. The Kier molecular flexibility index (Phi) is 4.95. The van der Waals surface area contributed by atoms with E-state index in [0.717, 1.165) is 11.1 Å². The fraction of sp³-hybridized carbons (Fsp3) is 0.0400. The summed E-state index contributed by atoms with van der Waals surface area (Å²) in [7, 11) is 0. The van der Waals surface area contributed by atoms with Crippen molar-refractivity contribution in [1.29, 1.82) is 0 Å². The summed E-state index contributed by atoms with van der Waals surface area (Å²) in [5, 5.41) is 1.38. The molecule has 0 unspecified atom stereocenters. The number of fused-ring (bicyclic) bond motifs is 2. The van der Waals surface area contributed by atoms with Crippen molar-refractivity contribution in [2.45, 2.75) is 0 Å². The van der Waals surface area contributed by atoms with Crippen LogP contribution in [-0.4, -0.2) is 29.3 Å². The molecule has 0 aliphatic carbocycles. The first-order valence-electron chi connectivity index (χ1n) is 10.0. The lowest BCUT2D eigenvalue weighted by Gasteiger charge is -2.15. The van der Waals surface area contributed by atoms with Gasteiger partial charge in [-0.15, -0.1) is 0 Å². The number of imide groups is 1. The van der Waals surface area contributed by atoms with Gasteiger partial charge in [0.05, 0.1) is 11.1 Å². The summed E-state index contributed by atoms with van der Waals surface area (Å²) in [5.41, 5.74) is 4.10. The van der Waals surface area contributed by atoms with Crippen LogP contribution >= 0.6 is 0 Å². The standard InChI is InChI=1S/C25H16N2O6/c28-22(26-27-24(30)18-8-4-5-9-19(18)25(27)31)14-32-16-10-11-17-20(15-6-2-1-3-7-15)13-23(29)33-21(17)12-16/h1-13H,14H2,(H,26,28). The quantitative estimate of drug-likeness (QED) is 0.378. The molecular formula is C25H16N2O6. The smallest absolute Gasteiger partial charge is 0.336 e. The topological polar surface area (TPSA) is 106 Å². The highest BCUT2D eigenvalue weighted by Crippen LogP contribution is 2.29. The number of nitrogens with zero attached hydrogens (tertiary/aromatic N) is 1. The molecule has 1 N–H and O–H groups in total. The molecule has 4 aromatic rings. The Morgan fingerprint density at radius 3 is 2.18 bits per heavy atom. The second-order valence-corrected chi connectivity index (χ2v) is 7.32. The lowest BCUT2D eigenvalue weighted by atomic mass is 10.0. The van der Waals surface area contributed by atoms with E-state index in [4.69, 9.17) is 9.15 Å². The first-order valence-corrected chi connectivity index (χ1v) is 10.0. The maximum Gasteiger partial charge on any atom is 0.336 e. The molecule has 8 nitrogen and oxygen atoms in total. The highest BCUT2D eigenvalue weighted by atomic mass is 16.5. The lowest BCUT2D eigenvalue weighted by Crippen LogP contribution is -2.47. The molecule has 2 heterocycles. The van der Waals surface area contributed by atoms with Crippen LogP contribution in [0, 0.1) is 0 Å². The third-order valence-corrected chi connectivity index (χ3v) is 5.20. The molecular weight excluding hydrogens is 424 g/mol. The molecule has 1 aliphatic rings. The molecule has 0 fully saturated rings. The van der Waals surface area contributed by atoms with Gasteiger partial charge in [-0.05, 0) is 35.4 Å². The second-order valence-electron chi connectivity index (χ2n) is 7.32. The van der Waals surface area contributed by atoms with Gasteiger partial charge >= 0.3 is 5.63 Å². The third-order valence-electron chi connectivity index (χ3n) is 5.20. The summed E-state index contributed by atoms with van der Waals surface area (Å²) in [4.78, 5) is 49.1. The zero-order valence-corrected chi connectivity index (χ0v) is 17.1. The number of hydrogen-bond donors (Lipinski definition) is 1. The molecule has 1 aromatic heterocycles. The molecule has 0 bridgehead atoms. The molecule has 0 radical (unpaired) electrons. The predicted octanol–water partition coefficient (Wildman–Crippen LogP) is 3.17. The highest BCUT2D eigenvalue weighted by Gasteiger charge is 2.36. The van der Waals surface area contributed by atoms with Crippen LogP contribution in [0.4, 0.5) is 0 Å². The van der Waals surface area contributed by atoms with Gasteiger partial charge in [-0.3, -0.25) is 19.8 Å². The van der Waals surface area contributed by atoms with Crippen LogP contribution in [0.5, 0.6) is 5.75 Å². The number of hydrogen-bond acceptors (Lipinski definition) is 6. The van der Waals surface area contributed by atoms with Crippen LogP contribution in [0.2, 0.25) is 0 Å². The average molecular weight is 440 g/mol. The number of benzene rings is 3. The minimum Gasteiger partial charge on any atom is -0.484 e. The predicted molar refractivity (Wildman–Crippen MR) is 118 cm³/mol. The van der Waals surface area contributed by atoms with E-state index in [-0.39, 0.29) is 16.9 Å². The molecule has 162 valence electrons. The summed E-state index contributed by atoms with van der Waals surface area (Å²) in [6.45, 7) is -0.457. The largest absolute Gasteiger partial charge is 0.484 e. The van der Waals surface area contributed by atoms with Crippen LogP contribution in [-0.2, 0) is 4.79 Å². The molecule has 0 saturated carbocycles. The van der Waals surface area contributed by atoms with Gasteiger partial charge in [0.25, 0.3) is 17.7 Å². The van der Waals surface area contributed by atoms with Crippen molar-refractivity contribution in [3.05, 3.63) is 100 Å². The van der Waals surface area contributed by atoms with E-state index in [1.165, 1.54) is 24.3 Å². The van der Waals surface area contributed by atoms with E-state index in [9.17, 15) is 19.2 Å². The van der Waals surface area contributed by atoms with Gasteiger partial charge in [-0.25, -0.2) is 4.79 Å². The Morgan fingerprint density at radius 2 is 1.48 bits per heavy atom. The van der Waals surface area contributed by atoms with Crippen LogP contribution in [0.15, 0.2) is 88.1 Å². The fourth-order valence-electron chi connectivity index (χ4n) is 3.69. The Morgan fingerprint density at radius 1 is 0.818 bits per heavy atom. The monoisotopic (exact) mass is 440 g/mol. The summed E-state index contributed by atoms with van der Waals surface area (Å²) < 4.78 is 10.8. The van der Waals surface area contributed by atoms with E-state index < -0.39 is 30.0 Å². The zero-order chi connectivity index (χ0) is 22.9. The van der Waals surface area contributed by atoms with E-state index in [0.29, 0.717) is 16.0 Å². The molecule has 0 atom stereocenters. The number of rotatable bonds is 5. The number of amides is 3. The Bertz CT molecular complexity index is 1440. The van der Waals surface area contributed by atoms with Crippen LogP contribution in [0.25, 0.3) is 22.1 Å². The fourth-order valence-corrected chi connectivity index (χ4v) is 3.69. The van der Waals surface area contributed by atoms with E-state index >= 15 is 0 Å². The Balaban J connectivity index is 1.31. The van der Waals surface area contributed by atoms with Gasteiger partial charge in [0.2, 0.25) is 0 Å². The molecule has 33 heavy (non-hydrogen) atoms. The van der Waals surface area contributed by atoms with Crippen molar-refractivity contribution in [3.63, 3.8) is 0 Å². The summed E-state index contributed by atoms with van der Waals surface area (Å²) in [6.07, 6.45) is 0. The summed E-state index contributed by atoms with van der Waals surface area (Å²) in [6, 6.07) is 22.0. The maximum absolute atomic E-state index is 12.4. The van der Waals surface area contributed by atoms with Crippen molar-refractivity contribution in [2.24, 2.45) is 0 Å². The molecule has 3 aromatic carbocycles. The molecule has 5 rings (SSSR count). The average Bonchev–Trinajstić information content (AvgIpc) is 3.07. The van der Waals surface area contributed by atoms with Gasteiger partial charge in [-0.2, -0.15) is 5.01 Å². The van der Waals surface area contributed by atoms with Crippen molar-refractivity contribution < 1.29 is 23.5 Å². The first kappa shape index (κ1) is 20.2. The van der Waals surface area contributed by atoms with Gasteiger partial charge in [0.1, 0.15) is 11.3 Å². The van der Waals surface area contributed by atoms with Gasteiger partial charge in [0.15, 0.2) is 6.61 Å². The van der Waals surface area contributed by atoms with Crippen LogP contribution < -0.4 is 15.8 Å². The summed E-state index contributed by atoms with van der Waals surface area (Å²) in [5.74, 6) is -1.62. The van der Waals surface area contributed by atoms with Gasteiger partial charge in [0, 0.05) is 17.5 Å².